The van der Waals surface area contributed by atoms with E-state index in [9.17, 15) is 18.4 Å². The Labute approximate surface area is 171 Å². The molecule has 0 heterocycles. The van der Waals surface area contributed by atoms with Gasteiger partial charge in [-0.15, -0.1) is 0 Å². The predicted molar refractivity (Wildman–Crippen MR) is 107 cm³/mol. The molecule has 1 amide bonds. The first-order valence-corrected chi connectivity index (χ1v) is 9.05. The molecule has 0 aliphatic carbocycles. The van der Waals surface area contributed by atoms with E-state index in [1.54, 1.807) is 12.1 Å². The van der Waals surface area contributed by atoms with E-state index in [1.165, 1.54) is 6.92 Å². The molecule has 0 radical (unpaired) electrons. The lowest BCUT2D eigenvalue weighted by molar-refractivity contribution is -0.123. The average molecular weight is 416 g/mol. The standard InChI is InChI=1S/C22H16ClF2NO3/c1-13(29-22(28)16-11-18(24)19(25)12-17(16)23)21(27)26-20-10-6-5-9-15(20)14-7-3-2-4-8-14/h2-13H,1H3,(H,26,27). The van der Waals surface area contributed by atoms with E-state index >= 15 is 0 Å². The molecule has 3 aromatic rings. The largest absolute Gasteiger partial charge is 0.449 e. The zero-order valence-corrected chi connectivity index (χ0v) is 16.0. The van der Waals surface area contributed by atoms with Gasteiger partial charge in [0.05, 0.1) is 10.6 Å². The molecule has 7 heteroatoms. The van der Waals surface area contributed by atoms with Crippen LogP contribution in [0.3, 0.4) is 0 Å². The Kier molecular flexibility index (Phi) is 6.24. The molecule has 0 bridgehead atoms. The number of hydrogen-bond donors (Lipinski definition) is 1. The molecule has 1 unspecified atom stereocenters. The summed E-state index contributed by atoms with van der Waals surface area (Å²) in [7, 11) is 0. The first-order valence-electron chi connectivity index (χ1n) is 8.67. The van der Waals surface area contributed by atoms with Gasteiger partial charge in [0.15, 0.2) is 17.7 Å². The van der Waals surface area contributed by atoms with Crippen LogP contribution in [0.1, 0.15) is 17.3 Å². The fraction of sp³-hybridized carbons (Fsp3) is 0.0909. The second-order valence-electron chi connectivity index (χ2n) is 6.19. The van der Waals surface area contributed by atoms with Crippen molar-refractivity contribution in [1.29, 1.82) is 0 Å². The van der Waals surface area contributed by atoms with Crippen LogP contribution in [0.25, 0.3) is 11.1 Å². The maximum Gasteiger partial charge on any atom is 0.340 e. The third-order valence-corrected chi connectivity index (χ3v) is 4.47. The minimum Gasteiger partial charge on any atom is -0.449 e. The Morgan fingerprint density at radius 3 is 2.31 bits per heavy atom. The van der Waals surface area contributed by atoms with Gasteiger partial charge in [0.25, 0.3) is 5.91 Å². The van der Waals surface area contributed by atoms with Crippen molar-refractivity contribution in [2.45, 2.75) is 13.0 Å². The fourth-order valence-corrected chi connectivity index (χ4v) is 2.88. The van der Waals surface area contributed by atoms with Crippen molar-refractivity contribution in [3.63, 3.8) is 0 Å². The fourth-order valence-electron chi connectivity index (χ4n) is 2.65. The molecule has 0 aromatic heterocycles. The summed E-state index contributed by atoms with van der Waals surface area (Å²) < 4.78 is 31.6. The highest BCUT2D eigenvalue weighted by molar-refractivity contribution is 6.33. The van der Waals surface area contributed by atoms with Crippen molar-refractivity contribution < 1.29 is 23.1 Å². The van der Waals surface area contributed by atoms with E-state index < -0.39 is 29.6 Å². The van der Waals surface area contributed by atoms with Crippen LogP contribution in [0.15, 0.2) is 66.7 Å². The molecule has 148 valence electrons. The number of hydrogen-bond acceptors (Lipinski definition) is 3. The molecule has 4 nitrogen and oxygen atoms in total. The van der Waals surface area contributed by atoms with E-state index in [0.717, 1.165) is 11.1 Å². The summed E-state index contributed by atoms with van der Waals surface area (Å²) in [5.41, 5.74) is 1.87. The highest BCUT2D eigenvalue weighted by atomic mass is 35.5. The smallest absolute Gasteiger partial charge is 0.340 e. The molecule has 3 rings (SSSR count). The number of ether oxygens (including phenoxy) is 1. The SMILES string of the molecule is CC(OC(=O)c1cc(F)c(F)cc1Cl)C(=O)Nc1ccccc1-c1ccccc1. The van der Waals surface area contributed by atoms with Crippen LogP contribution < -0.4 is 5.32 Å². The molecule has 3 aromatic carbocycles. The molecule has 1 atom stereocenters. The molecule has 0 saturated heterocycles. The number of rotatable bonds is 5. The van der Waals surface area contributed by atoms with Crippen molar-refractivity contribution >= 4 is 29.2 Å². The van der Waals surface area contributed by atoms with Crippen LogP contribution in [-0.4, -0.2) is 18.0 Å². The molecule has 0 aliphatic heterocycles. The van der Waals surface area contributed by atoms with Crippen molar-refractivity contribution in [2.24, 2.45) is 0 Å². The number of halogens is 3. The summed E-state index contributed by atoms with van der Waals surface area (Å²) in [5, 5.41) is 2.41. The van der Waals surface area contributed by atoms with Gasteiger partial charge in [-0.05, 0) is 30.7 Å². The molecule has 0 saturated carbocycles. The Hall–Kier alpha value is -3.25. The highest BCUT2D eigenvalue weighted by Crippen LogP contribution is 2.28. The third kappa shape index (κ3) is 4.78. The zero-order chi connectivity index (χ0) is 21.0. The number of para-hydroxylation sites is 1. The molecule has 1 N–H and O–H groups in total. The van der Waals surface area contributed by atoms with Crippen LogP contribution in [-0.2, 0) is 9.53 Å². The van der Waals surface area contributed by atoms with Crippen molar-refractivity contribution in [3.8, 4) is 11.1 Å². The zero-order valence-electron chi connectivity index (χ0n) is 15.3. The maximum absolute atomic E-state index is 13.4. The molecular weight excluding hydrogens is 400 g/mol. The molecular formula is C22H16ClF2NO3. The van der Waals surface area contributed by atoms with Gasteiger partial charge in [0.2, 0.25) is 0 Å². The Morgan fingerprint density at radius 2 is 1.59 bits per heavy atom. The highest BCUT2D eigenvalue weighted by Gasteiger charge is 2.23. The van der Waals surface area contributed by atoms with E-state index in [-0.39, 0.29) is 10.6 Å². The number of nitrogens with one attached hydrogen (secondary N) is 1. The number of anilines is 1. The van der Waals surface area contributed by atoms with Gasteiger partial charge in [-0.25, -0.2) is 13.6 Å². The number of carbonyl (C=O) groups excluding carboxylic acids is 2. The van der Waals surface area contributed by atoms with Gasteiger partial charge in [0, 0.05) is 11.3 Å². The Bertz CT molecular complexity index is 1060. The third-order valence-electron chi connectivity index (χ3n) is 4.15. The quantitative estimate of drug-likeness (QED) is 0.444. The summed E-state index contributed by atoms with van der Waals surface area (Å²) in [6.07, 6.45) is -1.20. The predicted octanol–water partition coefficient (Wildman–Crippen LogP) is 5.47. The topological polar surface area (TPSA) is 55.4 Å². The summed E-state index contributed by atoms with van der Waals surface area (Å²) >= 11 is 5.77. The Morgan fingerprint density at radius 1 is 0.966 bits per heavy atom. The van der Waals surface area contributed by atoms with Crippen molar-refractivity contribution in [1.82, 2.24) is 0 Å². The summed E-state index contributed by atoms with van der Waals surface area (Å²) in [6.45, 7) is 1.37. The second kappa shape index (κ2) is 8.84. The molecule has 0 fully saturated rings. The van der Waals surface area contributed by atoms with E-state index in [4.69, 9.17) is 16.3 Å². The number of esters is 1. The van der Waals surface area contributed by atoms with Crippen molar-refractivity contribution in [2.75, 3.05) is 5.32 Å². The number of benzene rings is 3. The van der Waals surface area contributed by atoms with Crippen LogP contribution in [0.4, 0.5) is 14.5 Å². The minimum atomic E-state index is -1.24. The van der Waals surface area contributed by atoms with Crippen LogP contribution in [0.5, 0.6) is 0 Å². The maximum atomic E-state index is 13.4. The van der Waals surface area contributed by atoms with Crippen LogP contribution in [0.2, 0.25) is 5.02 Å². The lowest BCUT2D eigenvalue weighted by Gasteiger charge is -2.16. The van der Waals surface area contributed by atoms with Gasteiger partial charge < -0.3 is 10.1 Å². The second-order valence-corrected chi connectivity index (χ2v) is 6.60. The van der Waals surface area contributed by atoms with Gasteiger partial charge in [-0.2, -0.15) is 0 Å². The molecule has 29 heavy (non-hydrogen) atoms. The first kappa shape index (κ1) is 20.5. The van der Waals surface area contributed by atoms with Gasteiger partial charge in [-0.3, -0.25) is 4.79 Å². The summed E-state index contributed by atoms with van der Waals surface area (Å²) in [4.78, 5) is 24.7. The lowest BCUT2D eigenvalue weighted by atomic mass is 10.0. The van der Waals surface area contributed by atoms with Gasteiger partial charge in [-0.1, -0.05) is 60.1 Å². The average Bonchev–Trinajstić information content (AvgIpc) is 2.71. The minimum absolute atomic E-state index is 0.309. The van der Waals surface area contributed by atoms with E-state index in [0.29, 0.717) is 17.8 Å². The lowest BCUT2D eigenvalue weighted by Crippen LogP contribution is -2.30. The summed E-state index contributed by atoms with van der Waals surface area (Å²) in [5.74, 6) is -4.04. The monoisotopic (exact) mass is 415 g/mol. The normalized spacial score (nSPS) is 11.6. The first-order chi connectivity index (χ1) is 13.9. The van der Waals surface area contributed by atoms with Gasteiger partial charge >= 0.3 is 5.97 Å². The van der Waals surface area contributed by atoms with Gasteiger partial charge in [0.1, 0.15) is 0 Å². The number of amides is 1. The Balaban J connectivity index is 1.74. The van der Waals surface area contributed by atoms with E-state index in [2.05, 4.69) is 5.32 Å². The van der Waals surface area contributed by atoms with E-state index in [1.807, 2.05) is 42.5 Å². The van der Waals surface area contributed by atoms with Crippen molar-refractivity contribution in [3.05, 3.63) is 89.0 Å². The van der Waals surface area contributed by atoms with Crippen LogP contribution >= 0.6 is 11.6 Å². The summed E-state index contributed by atoms with van der Waals surface area (Å²) in [6, 6.07) is 17.9. The molecule has 0 spiro atoms. The number of carbonyl (C=O) groups is 2. The molecule has 0 aliphatic rings. The van der Waals surface area contributed by atoms with Crippen LogP contribution in [0, 0.1) is 11.6 Å².